The lowest BCUT2D eigenvalue weighted by Crippen LogP contribution is -2.16. The first-order chi connectivity index (χ1) is 3.80. The predicted octanol–water partition coefficient (Wildman–Crippen LogP) is 1.71. The minimum Gasteiger partial charge on any atom is -0.412 e. The molecule has 0 aromatic rings. The first-order valence-corrected chi connectivity index (χ1v) is 3.45. The van der Waals surface area contributed by atoms with Crippen LogP contribution in [0.4, 0.5) is 4.39 Å². The molecule has 0 saturated heterocycles. The van der Waals surface area contributed by atoms with Crippen molar-refractivity contribution < 1.29 is 9.87 Å². The highest BCUT2D eigenvalue weighted by atomic mass is 19.1. The van der Waals surface area contributed by atoms with Gasteiger partial charge in [-0.1, -0.05) is 19.8 Å². The fraction of sp³-hybridized carbons (Fsp3) is 1.00. The van der Waals surface area contributed by atoms with E-state index in [9.17, 15) is 4.39 Å². The number of rotatable bonds is 0. The van der Waals surface area contributed by atoms with Crippen LogP contribution in [-0.2, 0) is 0 Å². The lowest BCUT2D eigenvalue weighted by molar-refractivity contribution is 0.179. The lowest BCUT2D eigenvalue weighted by Gasteiger charge is -2.21. The van der Waals surface area contributed by atoms with E-state index < -0.39 is 6.17 Å². The molecule has 0 radical (unpaired) electrons. The van der Waals surface area contributed by atoms with Crippen molar-refractivity contribution >= 4 is 0 Å². The van der Waals surface area contributed by atoms with Crippen LogP contribution in [0.2, 0.25) is 0 Å². The molecule has 1 saturated carbocycles. The van der Waals surface area contributed by atoms with Gasteiger partial charge in [0.25, 0.3) is 0 Å². The highest BCUT2D eigenvalue weighted by molar-refractivity contribution is 4.70. The van der Waals surface area contributed by atoms with Crippen LogP contribution in [0.1, 0.15) is 32.6 Å². The van der Waals surface area contributed by atoms with E-state index in [4.69, 9.17) is 0 Å². The van der Waals surface area contributed by atoms with Gasteiger partial charge in [-0.05, 0) is 18.8 Å². The Morgan fingerprint density at radius 3 is 2.11 bits per heavy atom. The molecule has 0 amide bonds. The van der Waals surface area contributed by atoms with Crippen LogP contribution in [0.5, 0.6) is 0 Å². The third-order valence-electron chi connectivity index (χ3n) is 2.01. The Hall–Kier alpha value is -0.110. The summed E-state index contributed by atoms with van der Waals surface area (Å²) in [5, 5.41) is 0. The average Bonchev–Trinajstić information content (AvgIpc) is 1.77. The zero-order valence-electron chi connectivity index (χ0n) is 5.86. The molecular weight excluding hydrogens is 119 g/mol. The summed E-state index contributed by atoms with van der Waals surface area (Å²) in [7, 11) is 0. The highest BCUT2D eigenvalue weighted by Gasteiger charge is 2.19. The van der Waals surface area contributed by atoms with Gasteiger partial charge in [-0.15, -0.1) is 0 Å². The Kier molecular flexibility index (Phi) is 3.78. The van der Waals surface area contributed by atoms with Crippen LogP contribution < -0.4 is 0 Å². The standard InChI is InChI=1S/C7H13F.H2O/c1-6-4-2-3-5-7(6)8;/h6-7H,2-5H2,1H3;1H2. The number of hydrogen-bond donors (Lipinski definition) is 0. The first kappa shape index (κ1) is 8.89. The zero-order valence-corrected chi connectivity index (χ0v) is 5.86. The average molecular weight is 134 g/mol. The molecule has 1 aliphatic carbocycles. The van der Waals surface area contributed by atoms with E-state index >= 15 is 0 Å². The molecule has 2 atom stereocenters. The molecule has 0 aromatic heterocycles. The van der Waals surface area contributed by atoms with Gasteiger partial charge >= 0.3 is 0 Å². The Bertz CT molecular complexity index is 65.3. The second kappa shape index (κ2) is 3.83. The summed E-state index contributed by atoms with van der Waals surface area (Å²) in [6, 6.07) is 0. The zero-order chi connectivity index (χ0) is 5.98. The summed E-state index contributed by atoms with van der Waals surface area (Å²) in [5.74, 6) is 0.337. The summed E-state index contributed by atoms with van der Waals surface area (Å²) in [4.78, 5) is 0. The highest BCUT2D eigenvalue weighted by Crippen LogP contribution is 2.25. The van der Waals surface area contributed by atoms with E-state index in [1.807, 2.05) is 6.92 Å². The fourth-order valence-electron chi connectivity index (χ4n) is 1.27. The van der Waals surface area contributed by atoms with Crippen molar-refractivity contribution in [3.05, 3.63) is 0 Å². The third-order valence-corrected chi connectivity index (χ3v) is 2.01. The van der Waals surface area contributed by atoms with Gasteiger partial charge in [0.05, 0.1) is 0 Å². The monoisotopic (exact) mass is 134 g/mol. The molecule has 9 heavy (non-hydrogen) atoms. The van der Waals surface area contributed by atoms with E-state index in [0.717, 1.165) is 19.3 Å². The molecule has 2 N–H and O–H groups in total. The van der Waals surface area contributed by atoms with Crippen LogP contribution in [0.15, 0.2) is 0 Å². The van der Waals surface area contributed by atoms with Gasteiger partial charge in [0.1, 0.15) is 6.17 Å². The fourth-order valence-corrected chi connectivity index (χ4v) is 1.27. The third kappa shape index (κ3) is 2.31. The number of halogens is 1. The van der Waals surface area contributed by atoms with E-state index in [2.05, 4.69) is 0 Å². The molecule has 2 heteroatoms. The molecule has 1 nitrogen and oxygen atoms in total. The Morgan fingerprint density at radius 1 is 1.22 bits per heavy atom. The van der Waals surface area contributed by atoms with E-state index in [1.54, 1.807) is 0 Å². The van der Waals surface area contributed by atoms with Gasteiger partial charge in [-0.25, -0.2) is 4.39 Å². The Balaban J connectivity index is 0.000000640. The second-order valence-corrected chi connectivity index (χ2v) is 2.78. The molecular formula is C7H15FO. The van der Waals surface area contributed by atoms with Crippen molar-refractivity contribution in [1.29, 1.82) is 0 Å². The van der Waals surface area contributed by atoms with Crippen molar-refractivity contribution in [2.75, 3.05) is 0 Å². The summed E-state index contributed by atoms with van der Waals surface area (Å²) < 4.78 is 12.6. The molecule has 0 spiro atoms. The van der Waals surface area contributed by atoms with Gasteiger partial charge in [-0.3, -0.25) is 0 Å². The minimum atomic E-state index is -0.497. The Labute approximate surface area is 55.6 Å². The Morgan fingerprint density at radius 2 is 1.78 bits per heavy atom. The minimum absolute atomic E-state index is 0. The normalized spacial score (nSPS) is 35.3. The van der Waals surface area contributed by atoms with Crippen molar-refractivity contribution in [3.8, 4) is 0 Å². The predicted molar refractivity (Wildman–Crippen MR) is 36.1 cm³/mol. The van der Waals surface area contributed by atoms with Crippen LogP contribution >= 0.6 is 0 Å². The SMILES string of the molecule is CC1CCCCC1F.O. The summed E-state index contributed by atoms with van der Waals surface area (Å²) in [6.07, 6.45) is 3.75. The van der Waals surface area contributed by atoms with Crippen molar-refractivity contribution in [2.45, 2.75) is 38.8 Å². The van der Waals surface area contributed by atoms with Crippen LogP contribution in [-0.4, -0.2) is 11.6 Å². The molecule has 56 valence electrons. The number of hydrogen-bond acceptors (Lipinski definition) is 0. The first-order valence-electron chi connectivity index (χ1n) is 3.45. The largest absolute Gasteiger partial charge is 0.412 e. The molecule has 0 aromatic carbocycles. The summed E-state index contributed by atoms with van der Waals surface area (Å²) >= 11 is 0. The van der Waals surface area contributed by atoms with Crippen LogP contribution in [0.3, 0.4) is 0 Å². The molecule has 0 aliphatic heterocycles. The van der Waals surface area contributed by atoms with Gasteiger partial charge < -0.3 is 5.48 Å². The molecule has 1 rings (SSSR count). The van der Waals surface area contributed by atoms with Crippen LogP contribution in [0.25, 0.3) is 0 Å². The van der Waals surface area contributed by atoms with Gasteiger partial charge in [0, 0.05) is 0 Å². The van der Waals surface area contributed by atoms with Crippen molar-refractivity contribution in [1.82, 2.24) is 0 Å². The van der Waals surface area contributed by atoms with Crippen molar-refractivity contribution in [3.63, 3.8) is 0 Å². The maximum atomic E-state index is 12.6. The van der Waals surface area contributed by atoms with Crippen LogP contribution in [0, 0.1) is 5.92 Å². The molecule has 0 heterocycles. The van der Waals surface area contributed by atoms with Gasteiger partial charge in [-0.2, -0.15) is 0 Å². The lowest BCUT2D eigenvalue weighted by atomic mass is 9.89. The van der Waals surface area contributed by atoms with E-state index in [1.165, 1.54) is 6.42 Å². The molecule has 0 bridgehead atoms. The van der Waals surface area contributed by atoms with Gasteiger partial charge in [0.15, 0.2) is 0 Å². The van der Waals surface area contributed by atoms with Gasteiger partial charge in [0.2, 0.25) is 0 Å². The maximum absolute atomic E-state index is 12.6. The molecule has 2 unspecified atom stereocenters. The quantitative estimate of drug-likeness (QED) is 0.483. The summed E-state index contributed by atoms with van der Waals surface area (Å²) in [5.41, 5.74) is 0. The maximum Gasteiger partial charge on any atom is 0.103 e. The second-order valence-electron chi connectivity index (χ2n) is 2.78. The summed E-state index contributed by atoms with van der Waals surface area (Å²) in [6.45, 7) is 2.00. The van der Waals surface area contributed by atoms with E-state index in [-0.39, 0.29) is 5.48 Å². The molecule has 1 aliphatic rings. The van der Waals surface area contributed by atoms with Crippen molar-refractivity contribution in [2.24, 2.45) is 5.92 Å². The van der Waals surface area contributed by atoms with E-state index in [0.29, 0.717) is 5.92 Å². The molecule has 1 fully saturated rings. The smallest absolute Gasteiger partial charge is 0.103 e. The topological polar surface area (TPSA) is 31.5 Å². The number of alkyl halides is 1.